The van der Waals surface area contributed by atoms with Crippen molar-refractivity contribution in [2.45, 2.75) is 43.9 Å². The summed E-state index contributed by atoms with van der Waals surface area (Å²) < 4.78 is 43.5. The van der Waals surface area contributed by atoms with Crippen LogP contribution in [0.15, 0.2) is 24.3 Å². The molecular weight excluding hydrogens is 407 g/mol. The molecule has 0 saturated carbocycles. The number of carbonyl (C=O) groups is 1. The molecule has 5 nitrogen and oxygen atoms in total. The van der Waals surface area contributed by atoms with Crippen molar-refractivity contribution in [2.75, 3.05) is 46.4 Å². The Balaban J connectivity index is 1.27. The molecule has 0 aliphatic carbocycles. The summed E-state index contributed by atoms with van der Waals surface area (Å²) in [7, 11) is 1.77. The zero-order valence-electron chi connectivity index (χ0n) is 18.0. The van der Waals surface area contributed by atoms with Crippen LogP contribution in [0.3, 0.4) is 0 Å². The predicted molar refractivity (Wildman–Crippen MR) is 112 cm³/mol. The largest absolute Gasteiger partial charge is 0.416 e. The van der Waals surface area contributed by atoms with Crippen LogP contribution in [0.2, 0.25) is 0 Å². The summed E-state index contributed by atoms with van der Waals surface area (Å²) in [6.07, 6.45) is 0.345. The van der Waals surface area contributed by atoms with Gasteiger partial charge in [-0.05, 0) is 74.9 Å². The molecule has 0 spiro atoms. The molecule has 4 aliphatic rings. The van der Waals surface area contributed by atoms with Gasteiger partial charge in [0.25, 0.3) is 5.91 Å². The van der Waals surface area contributed by atoms with E-state index in [1.165, 1.54) is 31.4 Å². The highest BCUT2D eigenvalue weighted by Gasteiger charge is 2.41. The number of ether oxygens (including phenoxy) is 1. The smallest absolute Gasteiger partial charge is 0.383 e. The maximum Gasteiger partial charge on any atom is 0.416 e. The van der Waals surface area contributed by atoms with Gasteiger partial charge in [-0.2, -0.15) is 13.2 Å². The first-order chi connectivity index (χ1) is 14.8. The minimum Gasteiger partial charge on any atom is -0.383 e. The lowest BCUT2D eigenvalue weighted by atomic mass is 9.75. The SMILES string of the molecule is COC[C@@H]1CCCN1C[C@@H]1CN2CC[C@H]1C[C@@H]2CNC(=O)c1ccc(C(F)(F)F)cc1. The lowest BCUT2D eigenvalue weighted by molar-refractivity contribution is -0.137. The molecule has 0 aromatic heterocycles. The highest BCUT2D eigenvalue weighted by atomic mass is 19.4. The summed E-state index contributed by atoms with van der Waals surface area (Å²) in [5, 5.41) is 2.93. The molecule has 4 aliphatic heterocycles. The van der Waals surface area contributed by atoms with E-state index >= 15 is 0 Å². The van der Waals surface area contributed by atoms with Gasteiger partial charge in [0.1, 0.15) is 0 Å². The zero-order chi connectivity index (χ0) is 22.0. The molecule has 31 heavy (non-hydrogen) atoms. The highest BCUT2D eigenvalue weighted by molar-refractivity contribution is 5.94. The van der Waals surface area contributed by atoms with Crippen molar-refractivity contribution in [3.63, 3.8) is 0 Å². The second-order valence-electron chi connectivity index (χ2n) is 9.22. The third-order valence-corrected chi connectivity index (χ3v) is 7.31. The van der Waals surface area contributed by atoms with Crippen LogP contribution in [0.1, 0.15) is 41.6 Å². The average Bonchev–Trinajstić information content (AvgIpc) is 3.19. The standard InChI is InChI=1S/C23H32F3N3O2/c1-31-15-20-3-2-9-28(20)13-18-14-29-10-8-17(18)11-21(29)12-27-22(30)16-4-6-19(7-5-16)23(24,25)26/h4-7,17-18,20-21H,2-3,8-15H2,1H3,(H,27,30)/t17-,18+,20-,21+/m0/s1. The Morgan fingerprint density at radius 2 is 1.94 bits per heavy atom. The predicted octanol–water partition coefficient (Wildman–Crippen LogP) is 3.26. The molecule has 4 fully saturated rings. The molecule has 1 unspecified atom stereocenters. The van der Waals surface area contributed by atoms with Crippen LogP contribution in [-0.2, 0) is 10.9 Å². The molecule has 1 aromatic rings. The van der Waals surface area contributed by atoms with Crippen LogP contribution < -0.4 is 5.32 Å². The van der Waals surface area contributed by atoms with E-state index in [0.717, 1.165) is 51.3 Å². The van der Waals surface area contributed by atoms with E-state index in [1.807, 2.05) is 0 Å². The van der Waals surface area contributed by atoms with E-state index in [2.05, 4.69) is 15.1 Å². The summed E-state index contributed by atoms with van der Waals surface area (Å²) >= 11 is 0. The number of nitrogens with one attached hydrogen (secondary N) is 1. The van der Waals surface area contributed by atoms with Crippen LogP contribution >= 0.6 is 0 Å². The summed E-state index contributed by atoms with van der Waals surface area (Å²) in [5.74, 6) is 1.02. The lowest BCUT2D eigenvalue weighted by Crippen LogP contribution is -2.58. The molecule has 8 heteroatoms. The summed E-state index contributed by atoms with van der Waals surface area (Å²) in [5.41, 5.74) is -0.475. The summed E-state index contributed by atoms with van der Waals surface area (Å²) in [6.45, 7) is 5.74. The Morgan fingerprint density at radius 1 is 1.16 bits per heavy atom. The first kappa shape index (κ1) is 22.6. The van der Waals surface area contributed by atoms with Crippen molar-refractivity contribution < 1.29 is 22.7 Å². The van der Waals surface area contributed by atoms with Gasteiger partial charge in [0.15, 0.2) is 0 Å². The van der Waals surface area contributed by atoms with Crippen molar-refractivity contribution in [2.24, 2.45) is 11.8 Å². The number of nitrogens with zero attached hydrogens (tertiary/aromatic N) is 2. The summed E-state index contributed by atoms with van der Waals surface area (Å²) in [4.78, 5) is 17.5. The number of amides is 1. The van der Waals surface area contributed by atoms with Crippen molar-refractivity contribution in [1.29, 1.82) is 0 Å². The topological polar surface area (TPSA) is 44.8 Å². The number of rotatable bonds is 7. The normalized spacial score (nSPS) is 31.2. The molecule has 4 saturated heterocycles. The van der Waals surface area contributed by atoms with Crippen molar-refractivity contribution in [3.05, 3.63) is 35.4 Å². The number of benzene rings is 1. The first-order valence-electron chi connectivity index (χ1n) is 11.3. The first-order valence-corrected chi connectivity index (χ1v) is 11.3. The van der Waals surface area contributed by atoms with Crippen LogP contribution in [0.25, 0.3) is 0 Å². The molecule has 2 bridgehead atoms. The lowest BCUT2D eigenvalue weighted by Gasteiger charge is -2.51. The van der Waals surface area contributed by atoms with E-state index in [-0.39, 0.29) is 11.5 Å². The molecule has 1 aromatic carbocycles. The van der Waals surface area contributed by atoms with Crippen LogP contribution in [0.5, 0.6) is 0 Å². The van der Waals surface area contributed by atoms with Crippen molar-refractivity contribution >= 4 is 5.91 Å². The van der Waals surface area contributed by atoms with Gasteiger partial charge in [0.05, 0.1) is 12.2 Å². The molecule has 1 N–H and O–H groups in total. The van der Waals surface area contributed by atoms with E-state index in [0.29, 0.717) is 30.5 Å². The van der Waals surface area contributed by atoms with Crippen LogP contribution in [-0.4, -0.2) is 74.2 Å². The maximum absolute atomic E-state index is 12.7. The summed E-state index contributed by atoms with van der Waals surface area (Å²) in [6, 6.07) is 5.25. The Kier molecular flexibility index (Phi) is 6.89. The molecule has 1 amide bonds. The molecule has 172 valence electrons. The number of methoxy groups -OCH3 is 1. The number of hydrogen-bond acceptors (Lipinski definition) is 4. The van der Waals surface area contributed by atoms with E-state index in [1.54, 1.807) is 7.11 Å². The van der Waals surface area contributed by atoms with Crippen LogP contribution in [0, 0.1) is 11.8 Å². The number of hydrogen-bond donors (Lipinski definition) is 1. The fourth-order valence-corrected chi connectivity index (χ4v) is 5.61. The van der Waals surface area contributed by atoms with Gasteiger partial charge in [0, 0.05) is 44.4 Å². The van der Waals surface area contributed by atoms with Gasteiger partial charge in [-0.3, -0.25) is 14.6 Å². The Labute approximate surface area is 181 Å². The number of likely N-dealkylation sites (tertiary alicyclic amines) is 1. The average molecular weight is 440 g/mol. The minimum atomic E-state index is -4.39. The highest BCUT2D eigenvalue weighted by Crippen LogP contribution is 2.37. The molecular formula is C23H32F3N3O2. The number of piperidine rings is 3. The Morgan fingerprint density at radius 3 is 2.58 bits per heavy atom. The zero-order valence-corrected chi connectivity index (χ0v) is 18.0. The Hall–Kier alpha value is -1.64. The second-order valence-corrected chi connectivity index (χ2v) is 9.22. The number of alkyl halides is 3. The van der Waals surface area contributed by atoms with E-state index in [4.69, 9.17) is 4.74 Å². The third kappa shape index (κ3) is 5.23. The third-order valence-electron chi connectivity index (χ3n) is 7.31. The van der Waals surface area contributed by atoms with Crippen molar-refractivity contribution in [1.82, 2.24) is 15.1 Å². The molecule has 5 atom stereocenters. The van der Waals surface area contributed by atoms with Gasteiger partial charge in [-0.1, -0.05) is 0 Å². The number of carbonyl (C=O) groups excluding carboxylic acids is 1. The van der Waals surface area contributed by atoms with Crippen LogP contribution in [0.4, 0.5) is 13.2 Å². The fourth-order valence-electron chi connectivity index (χ4n) is 5.61. The monoisotopic (exact) mass is 439 g/mol. The molecule has 4 heterocycles. The maximum atomic E-state index is 12.7. The van der Waals surface area contributed by atoms with Crippen molar-refractivity contribution in [3.8, 4) is 0 Å². The van der Waals surface area contributed by atoms with E-state index in [9.17, 15) is 18.0 Å². The Bertz CT molecular complexity index is 755. The number of halogens is 3. The van der Waals surface area contributed by atoms with Gasteiger partial charge < -0.3 is 10.1 Å². The van der Waals surface area contributed by atoms with Gasteiger partial charge in [-0.25, -0.2) is 0 Å². The fraction of sp³-hybridized carbons (Fsp3) is 0.696. The quantitative estimate of drug-likeness (QED) is 0.709. The van der Waals surface area contributed by atoms with Gasteiger partial charge in [-0.15, -0.1) is 0 Å². The molecule has 0 radical (unpaired) electrons. The number of fused-ring (bicyclic) bond motifs is 3. The van der Waals surface area contributed by atoms with E-state index < -0.39 is 11.7 Å². The van der Waals surface area contributed by atoms with Gasteiger partial charge in [0.2, 0.25) is 0 Å². The minimum absolute atomic E-state index is 0.264. The second kappa shape index (κ2) is 9.46. The molecule has 5 rings (SSSR count). The van der Waals surface area contributed by atoms with Gasteiger partial charge >= 0.3 is 6.18 Å².